The van der Waals surface area contributed by atoms with Crippen LogP contribution in [0.1, 0.15) is 35.4 Å². The number of fused-ring (bicyclic) bond motifs is 3. The number of ether oxygens (including phenoxy) is 3. The Kier molecular flexibility index (Phi) is 5.86. The molecule has 0 radical (unpaired) electrons. The molecule has 0 unspecified atom stereocenters. The molecular weight excluding hydrogens is 404 g/mol. The lowest BCUT2D eigenvalue weighted by atomic mass is 9.98. The number of nitrogens with zero attached hydrogens (tertiary/aromatic N) is 4. The van der Waals surface area contributed by atoms with Crippen molar-refractivity contribution in [3.05, 3.63) is 87.0 Å². The first-order chi connectivity index (χ1) is 14.7. The molecule has 0 saturated carbocycles. The van der Waals surface area contributed by atoms with Gasteiger partial charge in [0.2, 0.25) is 0 Å². The van der Waals surface area contributed by atoms with Crippen LogP contribution < -0.4 is 9.47 Å². The van der Waals surface area contributed by atoms with Crippen molar-refractivity contribution in [3.8, 4) is 17.2 Å². The van der Waals surface area contributed by atoms with Crippen LogP contribution in [-0.4, -0.2) is 25.3 Å². The van der Waals surface area contributed by atoms with Gasteiger partial charge < -0.3 is 18.8 Å². The molecule has 2 heterocycles. The SMILES string of the molecule is COc1cccc([C@H]2O[C@H](CCN=[N+]=[N-])c3cccn3-c3ccc(Cl)cc32)c1OC. The van der Waals surface area contributed by atoms with E-state index in [1.165, 1.54) is 0 Å². The summed E-state index contributed by atoms with van der Waals surface area (Å²) in [6.45, 7) is 0.325. The van der Waals surface area contributed by atoms with E-state index in [9.17, 15) is 0 Å². The van der Waals surface area contributed by atoms with Gasteiger partial charge in [-0.2, -0.15) is 0 Å². The number of hydrogen-bond acceptors (Lipinski definition) is 4. The van der Waals surface area contributed by atoms with Gasteiger partial charge in [0.05, 0.1) is 31.7 Å². The molecule has 1 aliphatic rings. The molecule has 0 N–H and O–H groups in total. The molecule has 1 aromatic heterocycles. The second-order valence-electron chi connectivity index (χ2n) is 6.84. The number of halogens is 1. The van der Waals surface area contributed by atoms with Crippen molar-refractivity contribution in [2.75, 3.05) is 20.8 Å². The highest BCUT2D eigenvalue weighted by Crippen LogP contribution is 2.46. The highest BCUT2D eigenvalue weighted by molar-refractivity contribution is 6.30. The van der Waals surface area contributed by atoms with Crippen molar-refractivity contribution >= 4 is 11.6 Å². The average Bonchev–Trinajstić information content (AvgIpc) is 3.21. The zero-order valence-corrected chi connectivity index (χ0v) is 17.4. The summed E-state index contributed by atoms with van der Waals surface area (Å²) in [6, 6.07) is 15.5. The fraction of sp³-hybridized carbons (Fsp3) is 0.273. The van der Waals surface area contributed by atoms with E-state index in [0.29, 0.717) is 29.5 Å². The zero-order valence-electron chi connectivity index (χ0n) is 16.7. The second-order valence-corrected chi connectivity index (χ2v) is 7.27. The van der Waals surface area contributed by atoms with Crippen molar-refractivity contribution in [1.82, 2.24) is 4.57 Å². The number of hydrogen-bond donors (Lipinski definition) is 0. The Balaban J connectivity index is 1.91. The highest BCUT2D eigenvalue weighted by atomic mass is 35.5. The van der Waals surface area contributed by atoms with Gasteiger partial charge in [0.15, 0.2) is 11.5 Å². The Labute approximate surface area is 179 Å². The van der Waals surface area contributed by atoms with Crippen LogP contribution >= 0.6 is 11.6 Å². The molecule has 7 nitrogen and oxygen atoms in total. The van der Waals surface area contributed by atoms with E-state index in [0.717, 1.165) is 22.5 Å². The van der Waals surface area contributed by atoms with E-state index < -0.39 is 6.10 Å². The van der Waals surface area contributed by atoms with Gasteiger partial charge in [0, 0.05) is 33.8 Å². The molecule has 0 spiro atoms. The summed E-state index contributed by atoms with van der Waals surface area (Å²) < 4.78 is 19.9. The summed E-state index contributed by atoms with van der Waals surface area (Å²) in [7, 11) is 3.22. The van der Waals surface area contributed by atoms with Crippen LogP contribution in [0.15, 0.2) is 59.8 Å². The Morgan fingerprint density at radius 1 is 1.13 bits per heavy atom. The van der Waals surface area contributed by atoms with Gasteiger partial charge in [0.25, 0.3) is 0 Å². The summed E-state index contributed by atoms with van der Waals surface area (Å²) in [5.74, 6) is 1.23. The molecule has 30 heavy (non-hydrogen) atoms. The standard InChI is InChI=1S/C22H21ClN4O3/c1-28-20-7-3-5-15(22(20)29-2)21-16-13-14(23)8-9-17(16)27-12-4-6-18(27)19(30-21)10-11-25-26-24/h3-9,12-13,19,21H,10-11H2,1-2H3/t19-,21-/m1/s1. The Morgan fingerprint density at radius 3 is 2.77 bits per heavy atom. The maximum atomic E-state index is 8.70. The zero-order chi connectivity index (χ0) is 21.1. The smallest absolute Gasteiger partial charge is 0.166 e. The molecule has 4 rings (SSSR count). The van der Waals surface area contributed by atoms with Gasteiger partial charge >= 0.3 is 0 Å². The first-order valence-electron chi connectivity index (χ1n) is 9.52. The van der Waals surface area contributed by atoms with E-state index in [2.05, 4.69) is 14.6 Å². The largest absolute Gasteiger partial charge is 0.493 e. The summed E-state index contributed by atoms with van der Waals surface area (Å²) in [5, 5.41) is 4.32. The predicted octanol–water partition coefficient (Wildman–Crippen LogP) is 6.01. The van der Waals surface area contributed by atoms with Gasteiger partial charge in [-0.15, -0.1) is 0 Å². The van der Waals surface area contributed by atoms with Crippen LogP contribution in [0.3, 0.4) is 0 Å². The van der Waals surface area contributed by atoms with E-state index in [1.807, 2.05) is 54.7 Å². The monoisotopic (exact) mass is 424 g/mol. The second kappa shape index (κ2) is 8.71. The van der Waals surface area contributed by atoms with Crippen LogP contribution in [0.5, 0.6) is 11.5 Å². The first-order valence-corrected chi connectivity index (χ1v) is 9.90. The average molecular weight is 425 g/mol. The summed E-state index contributed by atoms with van der Waals surface area (Å²) in [4.78, 5) is 2.87. The molecule has 8 heteroatoms. The first kappa shape index (κ1) is 20.2. The quantitative estimate of drug-likeness (QED) is 0.276. The molecule has 2 aromatic carbocycles. The summed E-state index contributed by atoms with van der Waals surface area (Å²) >= 11 is 6.38. The molecule has 0 saturated heterocycles. The molecule has 0 aliphatic carbocycles. The van der Waals surface area contributed by atoms with Crippen molar-refractivity contribution in [1.29, 1.82) is 0 Å². The van der Waals surface area contributed by atoms with Gasteiger partial charge in [-0.05, 0) is 48.4 Å². The van der Waals surface area contributed by atoms with E-state index in [-0.39, 0.29) is 6.10 Å². The number of aromatic nitrogens is 1. The lowest BCUT2D eigenvalue weighted by molar-refractivity contribution is 0.00260. The van der Waals surface area contributed by atoms with Crippen molar-refractivity contribution in [2.45, 2.75) is 18.6 Å². The van der Waals surface area contributed by atoms with Crippen LogP contribution in [0, 0.1) is 0 Å². The lowest BCUT2D eigenvalue weighted by Gasteiger charge is -2.25. The van der Waals surface area contributed by atoms with Crippen LogP contribution in [0.4, 0.5) is 0 Å². The Bertz CT molecular complexity index is 1110. The molecule has 0 fully saturated rings. The normalized spacial score (nSPS) is 17.3. The number of methoxy groups -OCH3 is 2. The van der Waals surface area contributed by atoms with Crippen molar-refractivity contribution in [2.24, 2.45) is 5.11 Å². The van der Waals surface area contributed by atoms with Crippen LogP contribution in [0.25, 0.3) is 16.1 Å². The minimum Gasteiger partial charge on any atom is -0.493 e. The van der Waals surface area contributed by atoms with Gasteiger partial charge in [-0.1, -0.05) is 28.8 Å². The third kappa shape index (κ3) is 3.59. The molecule has 1 aliphatic heterocycles. The van der Waals surface area contributed by atoms with Crippen LogP contribution in [-0.2, 0) is 4.74 Å². The lowest BCUT2D eigenvalue weighted by Crippen LogP contribution is -2.12. The minimum atomic E-state index is -0.459. The number of rotatable bonds is 6. The maximum Gasteiger partial charge on any atom is 0.166 e. The van der Waals surface area contributed by atoms with Crippen molar-refractivity contribution < 1.29 is 14.2 Å². The van der Waals surface area contributed by atoms with E-state index in [4.69, 9.17) is 31.3 Å². The van der Waals surface area contributed by atoms with Gasteiger partial charge in [-0.25, -0.2) is 0 Å². The fourth-order valence-corrected chi connectivity index (χ4v) is 4.11. The van der Waals surface area contributed by atoms with E-state index in [1.54, 1.807) is 14.2 Å². The molecule has 0 bridgehead atoms. The third-order valence-electron chi connectivity index (χ3n) is 5.21. The summed E-state index contributed by atoms with van der Waals surface area (Å²) in [6.07, 6.45) is 1.78. The molecular formula is C22H21ClN4O3. The molecule has 3 aromatic rings. The van der Waals surface area contributed by atoms with Crippen LogP contribution in [0.2, 0.25) is 5.02 Å². The van der Waals surface area contributed by atoms with E-state index >= 15 is 0 Å². The Hall–Kier alpha value is -3.12. The minimum absolute atomic E-state index is 0.294. The third-order valence-corrected chi connectivity index (χ3v) is 5.45. The van der Waals surface area contributed by atoms with Crippen molar-refractivity contribution in [3.63, 3.8) is 0 Å². The summed E-state index contributed by atoms with van der Waals surface area (Å²) in [5.41, 5.74) is 12.4. The fourth-order valence-electron chi connectivity index (χ4n) is 3.93. The number of azide groups is 1. The molecule has 2 atom stereocenters. The van der Waals surface area contributed by atoms with Gasteiger partial charge in [-0.3, -0.25) is 0 Å². The maximum absolute atomic E-state index is 8.70. The predicted molar refractivity (Wildman–Crippen MR) is 115 cm³/mol. The topological polar surface area (TPSA) is 81.4 Å². The highest BCUT2D eigenvalue weighted by Gasteiger charge is 2.32. The Morgan fingerprint density at radius 2 is 2.00 bits per heavy atom. The number of para-hydroxylation sites is 1. The number of benzene rings is 2. The molecule has 0 amide bonds. The molecule has 154 valence electrons. The van der Waals surface area contributed by atoms with Gasteiger partial charge in [0.1, 0.15) is 6.10 Å².